The molecule has 2 rings (SSSR count). The fourth-order valence-electron chi connectivity index (χ4n) is 1.57. The summed E-state index contributed by atoms with van der Waals surface area (Å²) in [6.45, 7) is 3.72. The van der Waals surface area contributed by atoms with Crippen LogP contribution in [0, 0.1) is 13.8 Å². The Balaban J connectivity index is 2.84. The van der Waals surface area contributed by atoms with Gasteiger partial charge in [-0.2, -0.15) is 0 Å². The first kappa shape index (κ1) is 10.1. The molecule has 0 bridgehead atoms. The zero-order chi connectivity index (χ0) is 11.2. The lowest BCUT2D eigenvalue weighted by Crippen LogP contribution is -1.95. The van der Waals surface area contributed by atoms with E-state index in [0.29, 0.717) is 10.6 Å². The molecule has 0 amide bonds. The van der Waals surface area contributed by atoms with Crippen molar-refractivity contribution in [3.8, 4) is 0 Å². The van der Waals surface area contributed by atoms with Crippen molar-refractivity contribution in [2.45, 2.75) is 13.8 Å². The van der Waals surface area contributed by atoms with Crippen molar-refractivity contribution < 1.29 is 14.3 Å². The number of aryl methyl sites for hydroxylation is 2. The minimum atomic E-state index is -1.01. The van der Waals surface area contributed by atoms with Crippen LogP contribution < -0.4 is 0 Å². The maximum atomic E-state index is 10.8. The molecule has 4 heteroatoms. The molecule has 0 aliphatic rings. The van der Waals surface area contributed by atoms with Gasteiger partial charge in [-0.05, 0) is 31.5 Å². The number of halogens is 1. The quantitative estimate of drug-likeness (QED) is 0.808. The average molecular weight is 225 g/mol. The molecule has 0 atom stereocenters. The Labute approximate surface area is 91.3 Å². The smallest absolute Gasteiger partial charge is 0.335 e. The Morgan fingerprint density at radius 3 is 2.67 bits per heavy atom. The normalized spacial score (nSPS) is 10.9. The highest BCUT2D eigenvalue weighted by Crippen LogP contribution is 2.32. The van der Waals surface area contributed by atoms with Crippen LogP contribution in [0.4, 0.5) is 0 Å². The van der Waals surface area contributed by atoms with Crippen molar-refractivity contribution in [1.82, 2.24) is 0 Å². The molecule has 15 heavy (non-hydrogen) atoms. The molecule has 78 valence electrons. The van der Waals surface area contributed by atoms with E-state index in [0.717, 1.165) is 16.7 Å². The summed E-state index contributed by atoms with van der Waals surface area (Å²) in [4.78, 5) is 10.8. The Hall–Kier alpha value is -1.48. The second-order valence-corrected chi connectivity index (χ2v) is 3.83. The number of carboxylic acids is 1. The number of hydrogen-bond donors (Lipinski definition) is 1. The number of aromatic carboxylic acids is 1. The lowest BCUT2D eigenvalue weighted by molar-refractivity contribution is 0.0697. The van der Waals surface area contributed by atoms with Crippen LogP contribution in [-0.2, 0) is 0 Å². The summed E-state index contributed by atoms with van der Waals surface area (Å²) in [6.07, 6.45) is 0. The standard InChI is InChI=1S/C11H9ClO3/c1-5-6(2)15-9-4-7(11(13)14)3-8(12)10(5)9/h3-4H,1-2H3,(H,13,14). The minimum absolute atomic E-state index is 0.140. The van der Waals surface area contributed by atoms with Crippen LogP contribution >= 0.6 is 11.6 Å². The van der Waals surface area contributed by atoms with Gasteiger partial charge in [0.2, 0.25) is 0 Å². The monoisotopic (exact) mass is 224 g/mol. The van der Waals surface area contributed by atoms with Gasteiger partial charge in [-0.1, -0.05) is 11.6 Å². The van der Waals surface area contributed by atoms with Crippen LogP contribution in [0.25, 0.3) is 11.0 Å². The first-order valence-corrected chi connectivity index (χ1v) is 4.81. The van der Waals surface area contributed by atoms with Gasteiger partial charge < -0.3 is 9.52 Å². The number of carbonyl (C=O) groups is 1. The highest BCUT2D eigenvalue weighted by Gasteiger charge is 2.14. The highest BCUT2D eigenvalue weighted by molar-refractivity contribution is 6.36. The predicted molar refractivity (Wildman–Crippen MR) is 57.7 cm³/mol. The van der Waals surface area contributed by atoms with E-state index in [9.17, 15) is 4.79 Å². The van der Waals surface area contributed by atoms with E-state index >= 15 is 0 Å². The van der Waals surface area contributed by atoms with Crippen molar-refractivity contribution >= 4 is 28.5 Å². The Bertz CT molecular complexity index is 554. The number of benzene rings is 1. The summed E-state index contributed by atoms with van der Waals surface area (Å²) in [5, 5.41) is 10.1. The topological polar surface area (TPSA) is 50.4 Å². The van der Waals surface area contributed by atoms with E-state index in [1.807, 2.05) is 13.8 Å². The zero-order valence-electron chi connectivity index (χ0n) is 8.30. The van der Waals surface area contributed by atoms with E-state index < -0.39 is 5.97 Å². The number of fused-ring (bicyclic) bond motifs is 1. The second-order valence-electron chi connectivity index (χ2n) is 3.42. The molecular formula is C11H9ClO3. The van der Waals surface area contributed by atoms with E-state index in [-0.39, 0.29) is 5.56 Å². The van der Waals surface area contributed by atoms with Gasteiger partial charge in [0, 0.05) is 5.39 Å². The molecule has 0 radical (unpaired) electrons. The predicted octanol–water partition coefficient (Wildman–Crippen LogP) is 3.40. The second kappa shape index (κ2) is 3.28. The lowest BCUT2D eigenvalue weighted by Gasteiger charge is -1.97. The maximum absolute atomic E-state index is 10.8. The third kappa shape index (κ3) is 1.49. The molecule has 0 aliphatic carbocycles. The number of rotatable bonds is 1. The number of carboxylic acid groups (broad SMARTS) is 1. The summed E-state index contributed by atoms with van der Waals surface area (Å²) < 4.78 is 5.42. The fourth-order valence-corrected chi connectivity index (χ4v) is 1.92. The largest absolute Gasteiger partial charge is 0.478 e. The molecule has 1 heterocycles. The fraction of sp³-hybridized carbons (Fsp3) is 0.182. The summed E-state index contributed by atoms with van der Waals surface area (Å²) in [5.74, 6) is -0.250. The molecule has 1 aromatic heterocycles. The van der Waals surface area contributed by atoms with Crippen molar-refractivity contribution in [2.24, 2.45) is 0 Å². The summed E-state index contributed by atoms with van der Waals surface area (Å²) >= 11 is 6.00. The van der Waals surface area contributed by atoms with Crippen LogP contribution in [0.15, 0.2) is 16.5 Å². The Kier molecular flexibility index (Phi) is 2.20. The first-order chi connectivity index (χ1) is 7.00. The molecule has 0 aliphatic heterocycles. The molecule has 0 unspecified atom stereocenters. The molecule has 0 saturated carbocycles. The van der Waals surface area contributed by atoms with Gasteiger partial charge >= 0.3 is 5.97 Å². The van der Waals surface area contributed by atoms with Crippen molar-refractivity contribution in [1.29, 1.82) is 0 Å². The van der Waals surface area contributed by atoms with Crippen LogP contribution in [0.3, 0.4) is 0 Å². The molecular weight excluding hydrogens is 216 g/mol. The molecule has 1 N–H and O–H groups in total. The van der Waals surface area contributed by atoms with Crippen LogP contribution in [-0.4, -0.2) is 11.1 Å². The number of furan rings is 1. The van der Waals surface area contributed by atoms with Gasteiger partial charge in [0.1, 0.15) is 11.3 Å². The van der Waals surface area contributed by atoms with Crippen LogP contribution in [0.5, 0.6) is 0 Å². The summed E-state index contributed by atoms with van der Waals surface area (Å²) in [7, 11) is 0. The minimum Gasteiger partial charge on any atom is -0.478 e. The van der Waals surface area contributed by atoms with E-state index in [4.69, 9.17) is 21.1 Å². The van der Waals surface area contributed by atoms with Gasteiger partial charge in [0.15, 0.2) is 0 Å². The van der Waals surface area contributed by atoms with Crippen LogP contribution in [0.1, 0.15) is 21.7 Å². The van der Waals surface area contributed by atoms with Gasteiger partial charge in [-0.3, -0.25) is 0 Å². The highest BCUT2D eigenvalue weighted by atomic mass is 35.5. The van der Waals surface area contributed by atoms with E-state index in [1.54, 1.807) is 0 Å². The third-order valence-electron chi connectivity index (χ3n) is 2.47. The van der Waals surface area contributed by atoms with Gasteiger partial charge in [-0.15, -0.1) is 0 Å². The Morgan fingerprint density at radius 2 is 2.07 bits per heavy atom. The van der Waals surface area contributed by atoms with Gasteiger partial charge in [-0.25, -0.2) is 4.79 Å². The van der Waals surface area contributed by atoms with Crippen LogP contribution in [0.2, 0.25) is 5.02 Å². The van der Waals surface area contributed by atoms with E-state index in [2.05, 4.69) is 0 Å². The summed E-state index contributed by atoms with van der Waals surface area (Å²) in [5.41, 5.74) is 1.61. The Morgan fingerprint density at radius 1 is 1.40 bits per heavy atom. The van der Waals surface area contributed by atoms with Gasteiger partial charge in [0.25, 0.3) is 0 Å². The third-order valence-corrected chi connectivity index (χ3v) is 2.77. The average Bonchev–Trinajstić information content (AvgIpc) is 2.42. The molecule has 0 saturated heterocycles. The molecule has 0 spiro atoms. The SMILES string of the molecule is Cc1oc2cc(C(=O)O)cc(Cl)c2c1C. The van der Waals surface area contributed by atoms with Crippen molar-refractivity contribution in [3.63, 3.8) is 0 Å². The molecule has 1 aromatic carbocycles. The lowest BCUT2D eigenvalue weighted by atomic mass is 10.1. The van der Waals surface area contributed by atoms with Crippen molar-refractivity contribution in [3.05, 3.63) is 34.0 Å². The molecule has 0 fully saturated rings. The molecule has 3 nitrogen and oxygen atoms in total. The number of hydrogen-bond acceptors (Lipinski definition) is 2. The molecule has 2 aromatic rings. The first-order valence-electron chi connectivity index (χ1n) is 4.43. The van der Waals surface area contributed by atoms with E-state index in [1.165, 1.54) is 12.1 Å². The maximum Gasteiger partial charge on any atom is 0.335 e. The van der Waals surface area contributed by atoms with Gasteiger partial charge in [0.05, 0.1) is 10.6 Å². The summed E-state index contributed by atoms with van der Waals surface area (Å²) in [6, 6.07) is 2.93. The zero-order valence-corrected chi connectivity index (χ0v) is 9.05. The van der Waals surface area contributed by atoms with Crippen molar-refractivity contribution in [2.75, 3.05) is 0 Å².